The topological polar surface area (TPSA) is 79.4 Å². The van der Waals surface area contributed by atoms with Gasteiger partial charge in [-0.15, -0.1) is 0 Å². The first-order valence-electron chi connectivity index (χ1n) is 10.7. The van der Waals surface area contributed by atoms with Gasteiger partial charge in [-0.05, 0) is 42.5 Å². The number of piperidine rings is 1. The largest absolute Gasteiger partial charge is 0.338 e. The number of likely N-dealkylation sites (tertiary alicyclic amines) is 1. The summed E-state index contributed by atoms with van der Waals surface area (Å²) in [5.74, 6) is -0.341. The van der Waals surface area contributed by atoms with E-state index in [4.69, 9.17) is 0 Å². The normalized spacial score (nSPS) is 18.6. The molecule has 3 aromatic rings. The molecule has 1 fully saturated rings. The van der Waals surface area contributed by atoms with Gasteiger partial charge in [0.05, 0.1) is 16.5 Å². The molecule has 7 heteroatoms. The zero-order chi connectivity index (χ0) is 21.4. The van der Waals surface area contributed by atoms with Gasteiger partial charge < -0.3 is 10.2 Å². The summed E-state index contributed by atoms with van der Waals surface area (Å²) < 4.78 is 0. The van der Waals surface area contributed by atoms with E-state index in [0.717, 1.165) is 42.1 Å². The Morgan fingerprint density at radius 1 is 1.06 bits per heavy atom. The zero-order valence-electron chi connectivity index (χ0n) is 17.1. The monoisotopic (exact) mass is 433 g/mol. The van der Waals surface area contributed by atoms with E-state index in [2.05, 4.69) is 10.3 Å². The molecule has 6 nitrogen and oxygen atoms in total. The lowest BCUT2D eigenvalue weighted by Gasteiger charge is -2.32. The van der Waals surface area contributed by atoms with Gasteiger partial charge >= 0.3 is 0 Å². The van der Waals surface area contributed by atoms with Crippen LogP contribution in [0.5, 0.6) is 0 Å². The number of Topliss-reactive ketones (excluding diaryl/α,β-unsaturated/α-hetero) is 1. The number of rotatable bonds is 3. The number of nitrogens with one attached hydrogen (secondary N) is 1. The third-order valence-corrected chi connectivity index (χ3v) is 7.15. The van der Waals surface area contributed by atoms with E-state index in [1.165, 1.54) is 11.3 Å². The molecular formula is C24H23N3O3S. The second-order valence-electron chi connectivity index (χ2n) is 8.18. The lowest BCUT2D eigenvalue weighted by atomic mass is 9.95. The number of ketones is 1. The van der Waals surface area contributed by atoms with E-state index >= 15 is 0 Å². The lowest BCUT2D eigenvalue weighted by Crippen LogP contribution is -2.43. The second kappa shape index (κ2) is 8.23. The standard InChI is InChI=1S/C24H23N3O3S/c28-20-12-4-11-19-21(20)31-24(25-19)26-22(29)16-8-5-13-27(14-16)23(30)18-10-3-7-15-6-1-2-9-17(15)18/h1-3,6-7,9-10,16H,4-5,8,11-14H2,(H,25,26,29)/t16-/m1/s1. The van der Waals surface area contributed by atoms with E-state index in [1.807, 2.05) is 42.5 Å². The van der Waals surface area contributed by atoms with Gasteiger partial charge in [-0.3, -0.25) is 14.4 Å². The van der Waals surface area contributed by atoms with E-state index in [1.54, 1.807) is 4.90 Å². The summed E-state index contributed by atoms with van der Waals surface area (Å²) >= 11 is 1.27. The number of anilines is 1. The van der Waals surface area contributed by atoms with Crippen molar-refractivity contribution in [1.82, 2.24) is 9.88 Å². The van der Waals surface area contributed by atoms with Crippen LogP contribution in [0.4, 0.5) is 5.13 Å². The Labute approximate surface area is 184 Å². The highest BCUT2D eigenvalue weighted by Gasteiger charge is 2.30. The minimum atomic E-state index is -0.288. The van der Waals surface area contributed by atoms with Crippen LogP contribution in [-0.4, -0.2) is 40.6 Å². The van der Waals surface area contributed by atoms with Crippen LogP contribution in [0.1, 0.15) is 51.4 Å². The number of amides is 2. The molecule has 0 spiro atoms. The average Bonchev–Trinajstić information content (AvgIpc) is 3.22. The van der Waals surface area contributed by atoms with Gasteiger partial charge in [-0.25, -0.2) is 4.98 Å². The van der Waals surface area contributed by atoms with Gasteiger partial charge in [0.2, 0.25) is 5.91 Å². The summed E-state index contributed by atoms with van der Waals surface area (Å²) in [6, 6.07) is 13.6. The molecule has 2 heterocycles. The summed E-state index contributed by atoms with van der Waals surface area (Å²) in [6.07, 6.45) is 3.66. The Morgan fingerprint density at radius 3 is 2.77 bits per heavy atom. The first-order chi connectivity index (χ1) is 15.1. The molecule has 158 valence electrons. The predicted molar refractivity (Wildman–Crippen MR) is 121 cm³/mol. The third kappa shape index (κ3) is 3.85. The highest BCUT2D eigenvalue weighted by Crippen LogP contribution is 2.30. The van der Waals surface area contributed by atoms with Crippen molar-refractivity contribution < 1.29 is 14.4 Å². The van der Waals surface area contributed by atoms with Gasteiger partial charge in [0.15, 0.2) is 10.9 Å². The van der Waals surface area contributed by atoms with Crippen molar-refractivity contribution in [3.8, 4) is 0 Å². The number of fused-ring (bicyclic) bond motifs is 2. The molecule has 2 amide bonds. The van der Waals surface area contributed by atoms with Crippen molar-refractivity contribution in [2.45, 2.75) is 32.1 Å². The molecule has 5 rings (SSSR count). The highest BCUT2D eigenvalue weighted by atomic mass is 32.1. The van der Waals surface area contributed by atoms with Crippen LogP contribution in [0, 0.1) is 5.92 Å². The van der Waals surface area contributed by atoms with E-state index in [0.29, 0.717) is 35.1 Å². The number of carbonyl (C=O) groups excluding carboxylic acids is 3. The van der Waals surface area contributed by atoms with E-state index < -0.39 is 0 Å². The van der Waals surface area contributed by atoms with Crippen LogP contribution in [0.15, 0.2) is 42.5 Å². The van der Waals surface area contributed by atoms with Crippen molar-refractivity contribution in [3.05, 3.63) is 58.6 Å². The maximum Gasteiger partial charge on any atom is 0.254 e. The summed E-state index contributed by atoms with van der Waals surface area (Å²) in [7, 11) is 0. The lowest BCUT2D eigenvalue weighted by molar-refractivity contribution is -0.121. The fourth-order valence-electron chi connectivity index (χ4n) is 4.49. The first kappa shape index (κ1) is 19.9. The van der Waals surface area contributed by atoms with Crippen LogP contribution in [0.3, 0.4) is 0 Å². The number of hydrogen-bond acceptors (Lipinski definition) is 5. The van der Waals surface area contributed by atoms with Crippen molar-refractivity contribution in [2.24, 2.45) is 5.92 Å². The molecule has 1 saturated heterocycles. The molecule has 0 radical (unpaired) electrons. The van der Waals surface area contributed by atoms with E-state index in [-0.39, 0.29) is 23.5 Å². The summed E-state index contributed by atoms with van der Waals surface area (Å²) in [4.78, 5) is 45.1. The molecule has 31 heavy (non-hydrogen) atoms. The maximum atomic E-state index is 13.3. The summed E-state index contributed by atoms with van der Waals surface area (Å²) in [5.41, 5.74) is 1.47. The molecule has 1 aliphatic heterocycles. The number of hydrogen-bond donors (Lipinski definition) is 1. The Morgan fingerprint density at radius 2 is 1.90 bits per heavy atom. The van der Waals surface area contributed by atoms with Crippen molar-refractivity contribution >= 4 is 44.8 Å². The molecule has 0 bridgehead atoms. The summed E-state index contributed by atoms with van der Waals surface area (Å²) in [5, 5.41) is 5.34. The Balaban J connectivity index is 1.30. The number of nitrogens with zero attached hydrogens (tertiary/aromatic N) is 2. The molecule has 1 aromatic heterocycles. The first-order valence-corrected chi connectivity index (χ1v) is 11.5. The van der Waals surface area contributed by atoms with Gasteiger partial charge in [-0.2, -0.15) is 0 Å². The molecule has 0 unspecified atom stereocenters. The number of aryl methyl sites for hydroxylation is 1. The molecule has 1 atom stereocenters. The fourth-order valence-corrected chi connectivity index (χ4v) is 5.47. The maximum absolute atomic E-state index is 13.3. The highest BCUT2D eigenvalue weighted by molar-refractivity contribution is 7.17. The average molecular weight is 434 g/mol. The Kier molecular flexibility index (Phi) is 5.28. The minimum Gasteiger partial charge on any atom is -0.338 e. The molecule has 1 N–H and O–H groups in total. The number of aromatic nitrogens is 1. The molecule has 2 aliphatic rings. The smallest absolute Gasteiger partial charge is 0.254 e. The van der Waals surface area contributed by atoms with Gasteiger partial charge in [0.1, 0.15) is 0 Å². The fraction of sp³-hybridized carbons (Fsp3) is 0.333. The van der Waals surface area contributed by atoms with E-state index in [9.17, 15) is 14.4 Å². The Hall–Kier alpha value is -3.06. The summed E-state index contributed by atoms with van der Waals surface area (Å²) in [6.45, 7) is 1.03. The second-order valence-corrected chi connectivity index (χ2v) is 9.18. The Bertz CT molecular complexity index is 1180. The SMILES string of the molecule is O=C1CCCc2nc(NC(=O)[C@@H]3CCCN(C(=O)c4cccc5ccccc45)C3)sc21. The molecular weight excluding hydrogens is 410 g/mol. The van der Waals surface area contributed by atoms with Crippen molar-refractivity contribution in [2.75, 3.05) is 18.4 Å². The van der Waals surface area contributed by atoms with Gasteiger partial charge in [0, 0.05) is 25.1 Å². The molecule has 0 saturated carbocycles. The van der Waals surface area contributed by atoms with Crippen LogP contribution in [0.2, 0.25) is 0 Å². The number of carbonyl (C=O) groups is 3. The predicted octanol–water partition coefficient (Wildman–Crippen LogP) is 4.31. The quantitative estimate of drug-likeness (QED) is 0.668. The van der Waals surface area contributed by atoms with Gasteiger partial charge in [0.25, 0.3) is 5.91 Å². The minimum absolute atomic E-state index is 0.0374. The van der Waals surface area contributed by atoms with Crippen LogP contribution >= 0.6 is 11.3 Å². The number of thiazole rings is 1. The van der Waals surface area contributed by atoms with Crippen molar-refractivity contribution in [1.29, 1.82) is 0 Å². The van der Waals surface area contributed by atoms with Crippen LogP contribution < -0.4 is 5.32 Å². The van der Waals surface area contributed by atoms with Gasteiger partial charge in [-0.1, -0.05) is 47.7 Å². The van der Waals surface area contributed by atoms with Crippen LogP contribution in [0.25, 0.3) is 10.8 Å². The number of benzene rings is 2. The third-order valence-electron chi connectivity index (χ3n) is 6.10. The van der Waals surface area contributed by atoms with Crippen molar-refractivity contribution in [3.63, 3.8) is 0 Å². The molecule has 2 aromatic carbocycles. The zero-order valence-corrected chi connectivity index (χ0v) is 17.9. The molecule has 1 aliphatic carbocycles. The van der Waals surface area contributed by atoms with Crippen LogP contribution in [-0.2, 0) is 11.2 Å².